The molecule has 1 fully saturated rings. The van der Waals surface area contributed by atoms with Crippen molar-refractivity contribution in [2.75, 3.05) is 34.3 Å². The van der Waals surface area contributed by atoms with Crippen molar-refractivity contribution in [1.82, 2.24) is 9.21 Å². The maximum Gasteiger partial charge on any atom is 0.253 e. The number of carbonyl (C=O) groups is 1. The molecular weight excluding hydrogens is 388 g/mol. The predicted octanol–water partition coefficient (Wildman–Crippen LogP) is 3.19. The topological polar surface area (TPSA) is 66.9 Å². The van der Waals surface area contributed by atoms with E-state index in [0.29, 0.717) is 24.2 Å². The lowest BCUT2D eigenvalue weighted by molar-refractivity contribution is 0.0790. The van der Waals surface area contributed by atoms with Crippen LogP contribution in [0.4, 0.5) is 0 Å². The van der Waals surface area contributed by atoms with Crippen molar-refractivity contribution in [2.45, 2.75) is 31.1 Å². The minimum absolute atomic E-state index is 0.126. The molecule has 0 N–H and O–H groups in total. The van der Waals surface area contributed by atoms with Crippen molar-refractivity contribution in [3.63, 3.8) is 0 Å². The van der Waals surface area contributed by atoms with Gasteiger partial charge in [0.1, 0.15) is 5.75 Å². The monoisotopic (exact) mass is 416 g/mol. The van der Waals surface area contributed by atoms with Crippen molar-refractivity contribution >= 4 is 15.9 Å². The number of methoxy groups -OCH3 is 1. The van der Waals surface area contributed by atoms with Crippen LogP contribution < -0.4 is 4.74 Å². The minimum atomic E-state index is -3.62. The van der Waals surface area contributed by atoms with Crippen molar-refractivity contribution < 1.29 is 17.9 Å². The molecule has 1 aliphatic rings. The summed E-state index contributed by atoms with van der Waals surface area (Å²) in [4.78, 5) is 15.1. The molecule has 7 heteroatoms. The average molecular weight is 417 g/mol. The van der Waals surface area contributed by atoms with Crippen LogP contribution in [0.2, 0.25) is 0 Å². The molecule has 2 aromatic rings. The normalized spacial score (nSPS) is 17.0. The fourth-order valence-corrected chi connectivity index (χ4v) is 4.91. The van der Waals surface area contributed by atoms with E-state index in [1.54, 1.807) is 20.1 Å². The zero-order valence-corrected chi connectivity index (χ0v) is 18.4. The molecule has 0 spiro atoms. The Morgan fingerprint density at radius 2 is 1.79 bits per heavy atom. The van der Waals surface area contributed by atoms with Crippen molar-refractivity contribution in [3.05, 3.63) is 58.7 Å². The fraction of sp³-hybridized carbons (Fsp3) is 0.409. The summed E-state index contributed by atoms with van der Waals surface area (Å²) in [5.41, 5.74) is 3.07. The zero-order valence-electron chi connectivity index (χ0n) is 17.6. The van der Waals surface area contributed by atoms with Crippen LogP contribution in [0.25, 0.3) is 0 Å². The van der Waals surface area contributed by atoms with E-state index in [9.17, 15) is 13.2 Å². The Balaban J connectivity index is 1.85. The SMILES string of the molecule is COc1ccc(C2CCN(C(=O)c3cc(C)c(C)c(S(=O)(=O)N(C)C)c3)C2)cc1. The third-order valence-corrected chi connectivity index (χ3v) is 7.63. The van der Waals surface area contributed by atoms with Gasteiger partial charge in [-0.15, -0.1) is 0 Å². The summed E-state index contributed by atoms with van der Waals surface area (Å²) in [5.74, 6) is 0.949. The van der Waals surface area contributed by atoms with Crippen LogP contribution in [0.3, 0.4) is 0 Å². The number of benzene rings is 2. The maximum absolute atomic E-state index is 13.1. The van der Waals surface area contributed by atoms with Crippen molar-refractivity contribution in [3.8, 4) is 5.75 Å². The van der Waals surface area contributed by atoms with Gasteiger partial charge in [0, 0.05) is 38.7 Å². The van der Waals surface area contributed by atoms with Gasteiger partial charge in [-0.25, -0.2) is 12.7 Å². The van der Waals surface area contributed by atoms with Crippen LogP contribution in [-0.2, 0) is 10.0 Å². The Hall–Kier alpha value is -2.38. The van der Waals surface area contributed by atoms with Gasteiger partial charge < -0.3 is 9.64 Å². The van der Waals surface area contributed by atoms with E-state index >= 15 is 0 Å². The number of hydrogen-bond acceptors (Lipinski definition) is 4. The average Bonchev–Trinajstić information content (AvgIpc) is 3.19. The first-order chi connectivity index (χ1) is 13.6. The van der Waals surface area contributed by atoms with E-state index in [2.05, 4.69) is 0 Å². The molecule has 0 radical (unpaired) electrons. The van der Waals surface area contributed by atoms with Crippen molar-refractivity contribution in [1.29, 1.82) is 0 Å². The molecule has 6 nitrogen and oxygen atoms in total. The van der Waals surface area contributed by atoms with Crippen LogP contribution in [0.15, 0.2) is 41.3 Å². The molecule has 29 heavy (non-hydrogen) atoms. The molecule has 1 amide bonds. The summed E-state index contributed by atoms with van der Waals surface area (Å²) >= 11 is 0. The van der Waals surface area contributed by atoms with Crippen LogP contribution in [0, 0.1) is 13.8 Å². The molecule has 156 valence electrons. The van der Waals surface area contributed by atoms with Crippen LogP contribution >= 0.6 is 0 Å². The summed E-state index contributed by atoms with van der Waals surface area (Å²) in [5, 5.41) is 0. The highest BCUT2D eigenvalue weighted by Gasteiger charge is 2.30. The Labute approximate surface area is 173 Å². The molecule has 1 heterocycles. The number of carbonyl (C=O) groups excluding carboxylic acids is 1. The predicted molar refractivity (Wildman–Crippen MR) is 113 cm³/mol. The van der Waals surface area contributed by atoms with E-state index in [0.717, 1.165) is 17.7 Å². The summed E-state index contributed by atoms with van der Waals surface area (Å²) < 4.78 is 31.7. The highest BCUT2D eigenvalue weighted by Crippen LogP contribution is 2.30. The molecule has 1 saturated heterocycles. The fourth-order valence-electron chi connectivity index (χ4n) is 3.69. The molecule has 0 saturated carbocycles. The Morgan fingerprint density at radius 3 is 2.38 bits per heavy atom. The molecule has 0 aliphatic carbocycles. The maximum atomic E-state index is 13.1. The lowest BCUT2D eigenvalue weighted by atomic mass is 9.98. The van der Waals surface area contributed by atoms with Gasteiger partial charge in [-0.3, -0.25) is 4.79 Å². The summed E-state index contributed by atoms with van der Waals surface area (Å²) in [7, 11) is 1.02. The molecule has 3 rings (SSSR count). The minimum Gasteiger partial charge on any atom is -0.497 e. The number of hydrogen-bond donors (Lipinski definition) is 0. The Morgan fingerprint density at radius 1 is 1.14 bits per heavy atom. The van der Waals surface area contributed by atoms with E-state index in [1.807, 2.05) is 36.1 Å². The van der Waals surface area contributed by atoms with Gasteiger partial charge in [-0.2, -0.15) is 0 Å². The summed E-state index contributed by atoms with van der Waals surface area (Å²) in [6, 6.07) is 11.2. The van der Waals surface area contributed by atoms with Gasteiger partial charge in [0.2, 0.25) is 10.0 Å². The van der Waals surface area contributed by atoms with Gasteiger partial charge in [-0.1, -0.05) is 12.1 Å². The molecule has 1 unspecified atom stereocenters. The molecule has 2 aromatic carbocycles. The molecular formula is C22H28N2O4S. The first kappa shape index (κ1) is 21.3. The highest BCUT2D eigenvalue weighted by molar-refractivity contribution is 7.89. The van der Waals surface area contributed by atoms with E-state index in [-0.39, 0.29) is 16.7 Å². The standard InChI is InChI=1S/C22H28N2O4S/c1-15-12-19(13-21(16(15)2)29(26,27)23(3)4)22(25)24-11-10-18(14-24)17-6-8-20(28-5)9-7-17/h6-9,12-13,18H,10-11,14H2,1-5H3. The van der Waals surface area contributed by atoms with Gasteiger partial charge in [0.15, 0.2) is 0 Å². The van der Waals surface area contributed by atoms with E-state index < -0.39 is 10.0 Å². The number of aryl methyl sites for hydroxylation is 1. The lowest BCUT2D eigenvalue weighted by Gasteiger charge is -2.20. The zero-order chi connectivity index (χ0) is 21.3. The van der Waals surface area contributed by atoms with Crippen LogP contribution in [-0.4, -0.2) is 57.8 Å². The summed E-state index contributed by atoms with van der Waals surface area (Å²) in [6.07, 6.45) is 0.881. The molecule has 1 aliphatic heterocycles. The second-order valence-corrected chi connectivity index (χ2v) is 9.83. The van der Waals surface area contributed by atoms with E-state index in [1.165, 1.54) is 30.0 Å². The first-order valence-corrected chi connectivity index (χ1v) is 11.1. The highest BCUT2D eigenvalue weighted by atomic mass is 32.2. The third kappa shape index (κ3) is 4.16. The summed E-state index contributed by atoms with van der Waals surface area (Å²) in [6.45, 7) is 4.88. The van der Waals surface area contributed by atoms with Crippen LogP contribution in [0.1, 0.15) is 39.4 Å². The number of ether oxygens (including phenoxy) is 1. The second-order valence-electron chi connectivity index (χ2n) is 7.71. The number of rotatable bonds is 5. The molecule has 0 bridgehead atoms. The first-order valence-electron chi connectivity index (χ1n) is 9.62. The van der Waals surface area contributed by atoms with Gasteiger partial charge in [0.05, 0.1) is 12.0 Å². The Bertz CT molecular complexity index is 1010. The number of likely N-dealkylation sites (tertiary alicyclic amines) is 1. The van der Waals surface area contributed by atoms with Crippen LogP contribution in [0.5, 0.6) is 5.75 Å². The quantitative estimate of drug-likeness (QED) is 0.751. The molecule has 1 atom stereocenters. The number of amides is 1. The van der Waals surface area contributed by atoms with Gasteiger partial charge >= 0.3 is 0 Å². The van der Waals surface area contributed by atoms with E-state index in [4.69, 9.17) is 4.74 Å². The van der Waals surface area contributed by atoms with Gasteiger partial charge in [0.25, 0.3) is 5.91 Å². The second kappa shape index (κ2) is 8.16. The molecule has 0 aromatic heterocycles. The lowest BCUT2D eigenvalue weighted by Crippen LogP contribution is -2.29. The number of sulfonamides is 1. The smallest absolute Gasteiger partial charge is 0.253 e. The number of nitrogens with zero attached hydrogens (tertiary/aromatic N) is 2. The third-order valence-electron chi connectivity index (χ3n) is 5.69. The van der Waals surface area contributed by atoms with Gasteiger partial charge in [-0.05, 0) is 61.2 Å². The largest absolute Gasteiger partial charge is 0.497 e. The van der Waals surface area contributed by atoms with Crippen molar-refractivity contribution in [2.24, 2.45) is 0 Å². The Kier molecular flexibility index (Phi) is 6.00.